The van der Waals surface area contributed by atoms with Crippen molar-refractivity contribution in [1.29, 1.82) is 0 Å². The van der Waals surface area contributed by atoms with Gasteiger partial charge >= 0.3 is 5.97 Å². The molecule has 0 unspecified atom stereocenters. The van der Waals surface area contributed by atoms with Crippen LogP contribution < -0.4 is 0 Å². The lowest BCUT2D eigenvalue weighted by molar-refractivity contribution is 0.0696. The highest BCUT2D eigenvalue weighted by Crippen LogP contribution is 2.44. The summed E-state index contributed by atoms with van der Waals surface area (Å²) in [6.45, 7) is 3.62. The second kappa shape index (κ2) is 11.6. The number of halogens is 4. The van der Waals surface area contributed by atoms with Crippen molar-refractivity contribution in [3.8, 4) is 0 Å². The topological polar surface area (TPSA) is 40.5 Å². The molecule has 0 aromatic heterocycles. The van der Waals surface area contributed by atoms with E-state index in [1.54, 1.807) is 37.3 Å². The number of allylic oxidation sites excluding steroid dienone is 1. The van der Waals surface area contributed by atoms with Gasteiger partial charge in [0.1, 0.15) is 5.82 Å². The quantitative estimate of drug-likeness (QED) is 0.311. The minimum atomic E-state index is -0.979. The van der Waals surface area contributed by atoms with Gasteiger partial charge in [0.2, 0.25) is 0 Å². The third-order valence-electron chi connectivity index (χ3n) is 7.56. The molecule has 0 radical (unpaired) electrons. The Labute approximate surface area is 237 Å². The Balaban J connectivity index is 1.64. The molecule has 5 rings (SSSR count). The number of carbonyl (C=O) groups is 1. The molecule has 1 aliphatic carbocycles. The lowest BCUT2D eigenvalue weighted by Gasteiger charge is -2.34. The number of alkyl halides is 1. The summed E-state index contributed by atoms with van der Waals surface area (Å²) in [7, 11) is 0. The van der Waals surface area contributed by atoms with Crippen LogP contribution >= 0.6 is 23.2 Å². The number of fused-ring (bicyclic) bond motifs is 1. The maximum Gasteiger partial charge on any atom is 0.335 e. The first kappa shape index (κ1) is 27.6. The second-order valence-corrected chi connectivity index (χ2v) is 11.0. The molecule has 2 aliphatic rings. The molecule has 3 aromatic carbocycles. The fourth-order valence-corrected chi connectivity index (χ4v) is 6.12. The van der Waals surface area contributed by atoms with Gasteiger partial charge in [0.05, 0.1) is 12.2 Å². The summed E-state index contributed by atoms with van der Waals surface area (Å²) in [6.07, 6.45) is 4.58. The van der Waals surface area contributed by atoms with E-state index in [2.05, 4.69) is 4.90 Å². The van der Waals surface area contributed by atoms with Crippen molar-refractivity contribution in [2.45, 2.75) is 32.6 Å². The van der Waals surface area contributed by atoms with E-state index in [1.165, 1.54) is 0 Å². The molecule has 1 N–H and O–H groups in total. The Morgan fingerprint density at radius 1 is 1.03 bits per heavy atom. The second-order valence-electron chi connectivity index (χ2n) is 10.2. The molecule has 0 spiro atoms. The number of carboxylic acid groups (broad SMARTS) is 1. The fraction of sp³-hybridized carbons (Fsp3) is 0.281. The third kappa shape index (κ3) is 5.67. The van der Waals surface area contributed by atoms with Gasteiger partial charge in [-0.1, -0.05) is 53.5 Å². The molecule has 0 saturated carbocycles. The van der Waals surface area contributed by atoms with E-state index in [0.29, 0.717) is 47.0 Å². The summed E-state index contributed by atoms with van der Waals surface area (Å²) in [6, 6.07) is 14.3. The molecular formula is C32H29Cl2F2NO2. The summed E-state index contributed by atoms with van der Waals surface area (Å²) in [5.41, 5.74) is 7.62. The van der Waals surface area contributed by atoms with Crippen molar-refractivity contribution in [3.05, 3.63) is 109 Å². The number of aromatic carboxylic acids is 1. The zero-order valence-corrected chi connectivity index (χ0v) is 23.2. The van der Waals surface area contributed by atoms with Crippen LogP contribution in [0.15, 0.2) is 54.1 Å². The summed E-state index contributed by atoms with van der Waals surface area (Å²) in [4.78, 5) is 13.8. The van der Waals surface area contributed by atoms with E-state index in [-0.39, 0.29) is 18.1 Å². The van der Waals surface area contributed by atoms with Gasteiger partial charge in [0.25, 0.3) is 0 Å². The first-order chi connectivity index (χ1) is 18.8. The highest BCUT2D eigenvalue weighted by molar-refractivity contribution is 6.36. The largest absolute Gasteiger partial charge is 0.478 e. The number of hydrogen-bond acceptors (Lipinski definition) is 2. The predicted molar refractivity (Wildman–Crippen MR) is 155 cm³/mol. The van der Waals surface area contributed by atoms with E-state index >= 15 is 4.39 Å². The molecular weight excluding hydrogens is 539 g/mol. The smallest absolute Gasteiger partial charge is 0.335 e. The Hall–Kier alpha value is -2.99. The number of aryl methyl sites for hydroxylation is 1. The van der Waals surface area contributed by atoms with Crippen molar-refractivity contribution in [3.63, 3.8) is 0 Å². The number of hydrogen-bond donors (Lipinski definition) is 1. The number of nitrogens with zero attached hydrogens (tertiary/aromatic N) is 1. The minimum absolute atomic E-state index is 0.229. The van der Waals surface area contributed by atoms with Crippen molar-refractivity contribution >= 4 is 46.4 Å². The maximum atomic E-state index is 15.9. The predicted octanol–water partition coefficient (Wildman–Crippen LogP) is 8.49. The third-order valence-corrected chi connectivity index (χ3v) is 8.11. The van der Waals surface area contributed by atoms with Crippen LogP contribution in [0.2, 0.25) is 10.0 Å². The standard InChI is InChI=1S/C32H29Cl2F2NO2/c1-19-25(9-6-22(31(19)36)14-20-17-37(18-20)13-3-12-35)30-26-10-7-23(32(38)39)15-21(26)4-2-5-28(30)27-11-8-24(33)16-29(27)34/h6-11,14-16H,2-5,12-13,17-18H2,1H3,(H,38,39). The molecule has 39 heavy (non-hydrogen) atoms. The van der Waals surface area contributed by atoms with Crippen molar-refractivity contribution in [2.24, 2.45) is 0 Å². The molecule has 202 valence electrons. The van der Waals surface area contributed by atoms with Crippen LogP contribution in [0.25, 0.3) is 17.2 Å². The summed E-state index contributed by atoms with van der Waals surface area (Å²) >= 11 is 12.9. The summed E-state index contributed by atoms with van der Waals surface area (Å²) < 4.78 is 28.4. The van der Waals surface area contributed by atoms with E-state index in [0.717, 1.165) is 58.5 Å². The number of carboxylic acids is 1. The number of benzene rings is 3. The van der Waals surface area contributed by atoms with Crippen LogP contribution in [0.5, 0.6) is 0 Å². The average Bonchev–Trinajstić information content (AvgIpc) is 3.07. The summed E-state index contributed by atoms with van der Waals surface area (Å²) in [5.74, 6) is -1.27. The highest BCUT2D eigenvalue weighted by atomic mass is 35.5. The zero-order chi connectivity index (χ0) is 27.7. The van der Waals surface area contributed by atoms with Crippen LogP contribution in [-0.2, 0) is 6.42 Å². The average molecular weight is 568 g/mol. The van der Waals surface area contributed by atoms with E-state index < -0.39 is 5.97 Å². The van der Waals surface area contributed by atoms with E-state index in [1.807, 2.05) is 24.3 Å². The lowest BCUT2D eigenvalue weighted by Crippen LogP contribution is -2.40. The Morgan fingerprint density at radius 3 is 2.49 bits per heavy atom. The first-order valence-electron chi connectivity index (χ1n) is 13.1. The zero-order valence-electron chi connectivity index (χ0n) is 21.7. The monoisotopic (exact) mass is 567 g/mol. The van der Waals surface area contributed by atoms with Crippen molar-refractivity contribution in [2.75, 3.05) is 26.3 Å². The number of rotatable bonds is 7. The first-order valence-corrected chi connectivity index (χ1v) is 13.8. The SMILES string of the molecule is Cc1c(C2=C(c3ccc(Cl)cc3Cl)CCCc3cc(C(=O)O)ccc32)ccc(C=C2CN(CCCF)C2)c1F. The van der Waals surface area contributed by atoms with E-state index in [4.69, 9.17) is 23.2 Å². The van der Waals surface area contributed by atoms with Crippen LogP contribution in [0.3, 0.4) is 0 Å². The van der Waals surface area contributed by atoms with Crippen LogP contribution in [-0.4, -0.2) is 42.3 Å². The van der Waals surface area contributed by atoms with Crippen molar-refractivity contribution in [1.82, 2.24) is 4.90 Å². The van der Waals surface area contributed by atoms with Gasteiger partial charge in [-0.15, -0.1) is 0 Å². The van der Waals surface area contributed by atoms with Gasteiger partial charge in [-0.25, -0.2) is 9.18 Å². The van der Waals surface area contributed by atoms with Gasteiger partial charge in [-0.2, -0.15) is 0 Å². The normalized spacial score (nSPS) is 15.6. The van der Waals surface area contributed by atoms with Gasteiger partial charge in [-0.3, -0.25) is 9.29 Å². The molecule has 3 nitrogen and oxygen atoms in total. The van der Waals surface area contributed by atoms with Crippen molar-refractivity contribution < 1.29 is 18.7 Å². The molecule has 1 fully saturated rings. The Bertz CT molecular complexity index is 1500. The highest BCUT2D eigenvalue weighted by Gasteiger charge is 2.25. The van der Waals surface area contributed by atoms with Gasteiger partial charge in [0.15, 0.2) is 0 Å². The Kier molecular flexibility index (Phi) is 8.22. The summed E-state index contributed by atoms with van der Waals surface area (Å²) in [5, 5.41) is 10.6. The van der Waals surface area contributed by atoms with E-state index in [9.17, 15) is 14.3 Å². The van der Waals surface area contributed by atoms with Crippen LogP contribution in [0.1, 0.15) is 63.0 Å². The molecule has 0 atom stereocenters. The molecule has 1 aliphatic heterocycles. The van der Waals surface area contributed by atoms with Gasteiger partial charge in [-0.05, 0) is 101 Å². The maximum absolute atomic E-state index is 15.9. The molecule has 0 amide bonds. The van der Waals surface area contributed by atoms with Gasteiger partial charge < -0.3 is 5.11 Å². The van der Waals surface area contributed by atoms with Crippen LogP contribution in [0, 0.1) is 12.7 Å². The molecule has 1 heterocycles. The Morgan fingerprint density at radius 2 is 1.77 bits per heavy atom. The molecule has 0 bridgehead atoms. The lowest BCUT2D eigenvalue weighted by atomic mass is 9.84. The molecule has 7 heteroatoms. The van der Waals surface area contributed by atoms with Crippen LogP contribution in [0.4, 0.5) is 8.78 Å². The molecule has 3 aromatic rings. The number of likely N-dealkylation sites (tertiary alicyclic amines) is 1. The fourth-order valence-electron chi connectivity index (χ4n) is 5.60. The van der Waals surface area contributed by atoms with Gasteiger partial charge in [0, 0.05) is 35.2 Å². The molecule has 1 saturated heterocycles. The minimum Gasteiger partial charge on any atom is -0.478 e.